The molecule has 0 saturated carbocycles. The standard InChI is InChI=1S/C16H24N4O/c1-2-3-4-15(17)13-7-11-20(12-8-13)16(21)19-14-5-9-18-10-6-14/h2-3,5-6,9-10,13,15H,4,7-8,11-12,17H2,1H3,(H,18,19,21)/b3-2+. The summed E-state index contributed by atoms with van der Waals surface area (Å²) in [4.78, 5) is 18.0. The Balaban J connectivity index is 1.79. The average Bonchev–Trinajstić information content (AvgIpc) is 2.53. The summed E-state index contributed by atoms with van der Waals surface area (Å²) >= 11 is 0. The Morgan fingerprint density at radius 3 is 2.76 bits per heavy atom. The van der Waals surface area contributed by atoms with Gasteiger partial charge in [-0.15, -0.1) is 0 Å². The highest BCUT2D eigenvalue weighted by Crippen LogP contribution is 2.22. The van der Waals surface area contributed by atoms with Gasteiger partial charge in [0, 0.05) is 37.2 Å². The second kappa shape index (κ2) is 7.78. The zero-order valence-electron chi connectivity index (χ0n) is 12.5. The number of nitrogens with zero attached hydrogens (tertiary/aromatic N) is 2. The molecule has 5 nitrogen and oxygen atoms in total. The Kier molecular flexibility index (Phi) is 5.75. The molecule has 0 radical (unpaired) electrons. The highest BCUT2D eigenvalue weighted by atomic mass is 16.2. The minimum atomic E-state index is -0.0401. The van der Waals surface area contributed by atoms with Crippen molar-refractivity contribution in [1.29, 1.82) is 0 Å². The number of hydrogen-bond donors (Lipinski definition) is 2. The summed E-state index contributed by atoms with van der Waals surface area (Å²) in [6, 6.07) is 3.74. The van der Waals surface area contributed by atoms with Crippen molar-refractivity contribution in [1.82, 2.24) is 9.88 Å². The van der Waals surface area contributed by atoms with Crippen molar-refractivity contribution in [2.24, 2.45) is 11.7 Å². The molecule has 1 fully saturated rings. The Morgan fingerprint density at radius 1 is 1.48 bits per heavy atom. The van der Waals surface area contributed by atoms with Gasteiger partial charge in [-0.2, -0.15) is 0 Å². The van der Waals surface area contributed by atoms with Crippen molar-refractivity contribution in [2.45, 2.75) is 32.2 Å². The molecule has 3 N–H and O–H groups in total. The molecule has 2 amide bonds. The molecular weight excluding hydrogens is 264 g/mol. The molecule has 0 bridgehead atoms. The van der Waals surface area contributed by atoms with Crippen molar-refractivity contribution in [2.75, 3.05) is 18.4 Å². The van der Waals surface area contributed by atoms with Crippen LogP contribution in [0.15, 0.2) is 36.7 Å². The number of hydrogen-bond acceptors (Lipinski definition) is 3. The maximum absolute atomic E-state index is 12.2. The van der Waals surface area contributed by atoms with Gasteiger partial charge in [-0.25, -0.2) is 4.79 Å². The third kappa shape index (κ3) is 4.56. The minimum absolute atomic E-state index is 0.0401. The first kappa shape index (κ1) is 15.5. The number of nitrogens with two attached hydrogens (primary N) is 1. The summed E-state index contributed by atoms with van der Waals surface area (Å²) in [7, 11) is 0. The molecule has 1 saturated heterocycles. The number of amides is 2. The number of urea groups is 1. The van der Waals surface area contributed by atoms with Gasteiger partial charge in [0.25, 0.3) is 0 Å². The number of piperidine rings is 1. The number of carbonyl (C=O) groups excluding carboxylic acids is 1. The van der Waals surface area contributed by atoms with Gasteiger partial charge >= 0.3 is 6.03 Å². The first-order valence-corrected chi connectivity index (χ1v) is 7.53. The van der Waals surface area contributed by atoms with Gasteiger partial charge in [-0.3, -0.25) is 4.98 Å². The summed E-state index contributed by atoms with van der Waals surface area (Å²) in [5, 5.41) is 2.89. The van der Waals surface area contributed by atoms with Gasteiger partial charge in [0.1, 0.15) is 0 Å². The van der Waals surface area contributed by atoms with Crippen LogP contribution < -0.4 is 11.1 Å². The van der Waals surface area contributed by atoms with Crippen LogP contribution >= 0.6 is 0 Å². The highest BCUT2D eigenvalue weighted by molar-refractivity contribution is 5.89. The number of allylic oxidation sites excluding steroid dienone is 1. The Morgan fingerprint density at radius 2 is 2.14 bits per heavy atom. The normalized spacial score (nSPS) is 17.9. The van der Waals surface area contributed by atoms with E-state index in [1.807, 2.05) is 17.9 Å². The Labute approximate surface area is 126 Å². The van der Waals surface area contributed by atoms with Gasteiger partial charge in [0.2, 0.25) is 0 Å². The fourth-order valence-corrected chi connectivity index (χ4v) is 2.65. The molecule has 1 unspecified atom stereocenters. The predicted molar refractivity (Wildman–Crippen MR) is 85.0 cm³/mol. The van der Waals surface area contributed by atoms with Crippen molar-refractivity contribution >= 4 is 11.7 Å². The van der Waals surface area contributed by atoms with Gasteiger partial charge < -0.3 is 16.0 Å². The van der Waals surface area contributed by atoms with Crippen LogP contribution in [0.3, 0.4) is 0 Å². The van der Waals surface area contributed by atoms with Crippen LogP contribution in [0.25, 0.3) is 0 Å². The smallest absolute Gasteiger partial charge is 0.321 e. The van der Waals surface area contributed by atoms with Gasteiger partial charge in [0.05, 0.1) is 0 Å². The molecule has 2 rings (SSSR count). The topological polar surface area (TPSA) is 71.2 Å². The maximum atomic E-state index is 12.2. The Bertz CT molecular complexity index is 466. The number of anilines is 1. The van der Waals surface area contributed by atoms with Gasteiger partial charge in [-0.05, 0) is 44.2 Å². The third-order valence-electron chi connectivity index (χ3n) is 4.01. The predicted octanol–water partition coefficient (Wildman–Crippen LogP) is 2.62. The fraction of sp³-hybridized carbons (Fsp3) is 0.500. The Hall–Kier alpha value is -1.88. The third-order valence-corrected chi connectivity index (χ3v) is 4.01. The lowest BCUT2D eigenvalue weighted by Gasteiger charge is -2.34. The van der Waals surface area contributed by atoms with E-state index >= 15 is 0 Å². The summed E-state index contributed by atoms with van der Waals surface area (Å²) < 4.78 is 0. The van der Waals surface area contributed by atoms with Gasteiger partial charge in [-0.1, -0.05) is 12.2 Å². The van der Waals surface area contributed by atoms with Crippen LogP contribution in [0.2, 0.25) is 0 Å². The number of aromatic nitrogens is 1. The molecule has 1 aliphatic rings. The van der Waals surface area contributed by atoms with Crippen molar-refractivity contribution < 1.29 is 4.79 Å². The molecule has 5 heteroatoms. The zero-order chi connectivity index (χ0) is 15.1. The SMILES string of the molecule is C/C=C/CC(N)C1CCN(C(=O)Nc2ccncc2)CC1. The van der Waals surface area contributed by atoms with Crippen molar-refractivity contribution in [3.63, 3.8) is 0 Å². The van der Waals surface area contributed by atoms with E-state index in [1.54, 1.807) is 24.5 Å². The lowest BCUT2D eigenvalue weighted by molar-refractivity contribution is 0.174. The molecule has 0 spiro atoms. The molecule has 0 aliphatic carbocycles. The first-order valence-electron chi connectivity index (χ1n) is 7.53. The molecular formula is C16H24N4O. The zero-order valence-corrected chi connectivity index (χ0v) is 12.5. The molecule has 114 valence electrons. The van der Waals surface area contributed by atoms with E-state index in [-0.39, 0.29) is 12.1 Å². The second-order valence-corrected chi connectivity index (χ2v) is 5.46. The molecule has 1 atom stereocenters. The number of pyridine rings is 1. The van der Waals surface area contributed by atoms with E-state index in [0.717, 1.165) is 38.0 Å². The average molecular weight is 288 g/mol. The fourth-order valence-electron chi connectivity index (χ4n) is 2.65. The summed E-state index contributed by atoms with van der Waals surface area (Å²) in [6.07, 6.45) is 10.4. The molecule has 1 aromatic heterocycles. The first-order chi connectivity index (χ1) is 10.2. The van der Waals surface area contributed by atoms with Crippen molar-refractivity contribution in [3.8, 4) is 0 Å². The summed E-state index contributed by atoms with van der Waals surface area (Å²) in [6.45, 7) is 3.55. The number of nitrogens with one attached hydrogen (secondary N) is 1. The van der Waals surface area contributed by atoms with Gasteiger partial charge in [0.15, 0.2) is 0 Å². The quantitative estimate of drug-likeness (QED) is 0.837. The maximum Gasteiger partial charge on any atom is 0.321 e. The molecule has 2 heterocycles. The van der Waals surface area contributed by atoms with E-state index in [1.165, 1.54) is 0 Å². The summed E-state index contributed by atoms with van der Waals surface area (Å²) in [5.41, 5.74) is 6.98. The summed E-state index contributed by atoms with van der Waals surface area (Å²) in [5.74, 6) is 0.506. The number of rotatable bonds is 4. The number of carbonyl (C=O) groups is 1. The van der Waals surface area contributed by atoms with Crippen molar-refractivity contribution in [3.05, 3.63) is 36.7 Å². The molecule has 0 aromatic carbocycles. The van der Waals surface area contributed by atoms with E-state index in [4.69, 9.17) is 5.73 Å². The second-order valence-electron chi connectivity index (χ2n) is 5.46. The van der Waals surface area contributed by atoms with E-state index < -0.39 is 0 Å². The molecule has 1 aliphatic heterocycles. The minimum Gasteiger partial charge on any atom is -0.327 e. The molecule has 21 heavy (non-hydrogen) atoms. The van der Waals surface area contributed by atoms with E-state index in [0.29, 0.717) is 5.92 Å². The highest BCUT2D eigenvalue weighted by Gasteiger charge is 2.26. The van der Waals surface area contributed by atoms with E-state index in [2.05, 4.69) is 16.4 Å². The van der Waals surface area contributed by atoms with E-state index in [9.17, 15) is 4.79 Å². The monoisotopic (exact) mass is 288 g/mol. The lowest BCUT2D eigenvalue weighted by Crippen LogP contribution is -2.44. The number of likely N-dealkylation sites (tertiary alicyclic amines) is 1. The lowest BCUT2D eigenvalue weighted by atomic mass is 9.88. The van der Waals surface area contributed by atoms with Crippen LogP contribution in [0.5, 0.6) is 0 Å². The van der Waals surface area contributed by atoms with Crippen LogP contribution in [0.4, 0.5) is 10.5 Å². The van der Waals surface area contributed by atoms with Crippen LogP contribution in [0, 0.1) is 5.92 Å². The van der Waals surface area contributed by atoms with Crippen LogP contribution in [-0.2, 0) is 0 Å². The largest absolute Gasteiger partial charge is 0.327 e. The molecule has 1 aromatic rings. The van der Waals surface area contributed by atoms with Crippen LogP contribution in [-0.4, -0.2) is 35.0 Å². The van der Waals surface area contributed by atoms with Crippen LogP contribution in [0.1, 0.15) is 26.2 Å².